The van der Waals surface area contributed by atoms with Gasteiger partial charge in [0.1, 0.15) is 0 Å². The van der Waals surface area contributed by atoms with Crippen LogP contribution in [0.5, 0.6) is 0 Å². The van der Waals surface area contributed by atoms with Gasteiger partial charge in [-0.05, 0) is 12.8 Å². The van der Waals surface area contributed by atoms with E-state index in [1.54, 1.807) is 7.11 Å². The summed E-state index contributed by atoms with van der Waals surface area (Å²) in [4.78, 5) is 18.2. The van der Waals surface area contributed by atoms with Crippen LogP contribution in [0.25, 0.3) is 0 Å². The Morgan fingerprint density at radius 3 is 1.84 bits per heavy atom. The molecule has 0 radical (unpaired) electrons. The molecule has 0 aliphatic heterocycles. The van der Waals surface area contributed by atoms with Gasteiger partial charge in [-0.2, -0.15) is 0 Å². The summed E-state index contributed by atoms with van der Waals surface area (Å²) in [5, 5.41) is 0. The van der Waals surface area contributed by atoms with E-state index < -0.39 is 13.0 Å². The third-order valence-corrected chi connectivity index (χ3v) is 4.86. The molecule has 0 aromatic heterocycles. The predicted octanol–water partition coefficient (Wildman–Crippen LogP) is 2.66. The molecule has 2 unspecified atom stereocenters. The molecule has 0 aromatic carbocycles. The normalized spacial score (nSPS) is 18.9. The van der Waals surface area contributed by atoms with E-state index >= 15 is 0 Å². The van der Waals surface area contributed by atoms with Crippen molar-refractivity contribution in [2.75, 3.05) is 33.1 Å². The fourth-order valence-electron chi connectivity index (χ4n) is 1.89. The first kappa shape index (κ1) is 19.1. The molecule has 0 bridgehead atoms. The van der Waals surface area contributed by atoms with Gasteiger partial charge in [0, 0.05) is 17.9 Å². The molecule has 0 heterocycles. The van der Waals surface area contributed by atoms with E-state index in [1.165, 1.54) is 0 Å². The Morgan fingerprint density at radius 2 is 1.47 bits per heavy atom. The monoisotopic (exact) mass is 296 g/mol. The van der Waals surface area contributed by atoms with Crippen LogP contribution in [0.1, 0.15) is 40.5 Å². The van der Waals surface area contributed by atoms with E-state index in [1.807, 2.05) is 13.8 Å². The van der Waals surface area contributed by atoms with Gasteiger partial charge >= 0.3 is 7.60 Å². The summed E-state index contributed by atoms with van der Waals surface area (Å²) in [6, 6.07) is 0. The van der Waals surface area contributed by atoms with Crippen LogP contribution in [-0.2, 0) is 14.0 Å². The van der Waals surface area contributed by atoms with Crippen molar-refractivity contribution in [2.45, 2.75) is 40.5 Å². The summed E-state index contributed by atoms with van der Waals surface area (Å²) in [6.07, 6.45) is 1.47. The maximum Gasteiger partial charge on any atom is 0.326 e. The van der Waals surface area contributed by atoms with Gasteiger partial charge in [0.25, 0.3) is 0 Å². The van der Waals surface area contributed by atoms with Gasteiger partial charge in [0.05, 0.1) is 26.0 Å². The second kappa shape index (κ2) is 7.75. The summed E-state index contributed by atoms with van der Waals surface area (Å²) in [6.45, 7) is 9.45. The predicted molar refractivity (Wildman–Crippen MR) is 76.4 cm³/mol. The van der Waals surface area contributed by atoms with Crippen molar-refractivity contribution in [3.63, 3.8) is 0 Å². The standard InChI is InChI=1S/C13H29O5P/c1-6-12(3,8-17-5)9-18-10-13(4,7-2)11-19(14,15)16/h6-11H2,1-5H3,(H2,14,15,16). The molecule has 2 N–H and O–H groups in total. The van der Waals surface area contributed by atoms with Crippen LogP contribution in [0.3, 0.4) is 0 Å². The van der Waals surface area contributed by atoms with Gasteiger partial charge in [0.2, 0.25) is 0 Å². The zero-order chi connectivity index (χ0) is 15.2. The largest absolute Gasteiger partial charge is 0.384 e. The number of ether oxygens (including phenoxy) is 2. The van der Waals surface area contributed by atoms with Gasteiger partial charge in [-0.3, -0.25) is 4.57 Å². The maximum atomic E-state index is 11.1. The smallest absolute Gasteiger partial charge is 0.326 e. The Labute approximate surface area is 116 Å². The van der Waals surface area contributed by atoms with Crippen LogP contribution in [0.4, 0.5) is 0 Å². The van der Waals surface area contributed by atoms with Gasteiger partial charge in [0.15, 0.2) is 0 Å². The first-order chi connectivity index (χ1) is 8.60. The molecule has 6 heteroatoms. The van der Waals surface area contributed by atoms with E-state index in [0.29, 0.717) is 26.2 Å². The second-order valence-corrected chi connectivity index (χ2v) is 7.72. The van der Waals surface area contributed by atoms with Crippen LogP contribution in [0.2, 0.25) is 0 Å². The molecule has 0 spiro atoms. The molecule has 0 aliphatic carbocycles. The SMILES string of the molecule is CCC(C)(COC)COCC(C)(CC)CP(=O)(O)O. The van der Waals surface area contributed by atoms with Crippen molar-refractivity contribution in [3.8, 4) is 0 Å². The fourth-order valence-corrected chi connectivity index (χ4v) is 3.20. The summed E-state index contributed by atoms with van der Waals surface area (Å²) in [7, 11) is -2.34. The summed E-state index contributed by atoms with van der Waals surface area (Å²) in [5.41, 5.74) is -0.535. The summed E-state index contributed by atoms with van der Waals surface area (Å²) < 4.78 is 22.0. The van der Waals surface area contributed by atoms with E-state index in [0.717, 1.165) is 6.42 Å². The highest BCUT2D eigenvalue weighted by molar-refractivity contribution is 7.51. The minimum absolute atomic E-state index is 0.0501. The highest BCUT2D eigenvalue weighted by atomic mass is 31.2. The fraction of sp³-hybridized carbons (Fsp3) is 1.00. The van der Waals surface area contributed by atoms with Crippen molar-refractivity contribution in [3.05, 3.63) is 0 Å². The lowest BCUT2D eigenvalue weighted by Gasteiger charge is -2.32. The lowest BCUT2D eigenvalue weighted by Crippen LogP contribution is -2.32. The van der Waals surface area contributed by atoms with Gasteiger partial charge < -0.3 is 19.3 Å². The Kier molecular flexibility index (Phi) is 7.78. The van der Waals surface area contributed by atoms with E-state index in [4.69, 9.17) is 19.3 Å². The van der Waals surface area contributed by atoms with Crippen LogP contribution in [0.15, 0.2) is 0 Å². The van der Waals surface area contributed by atoms with Crippen LogP contribution in [0, 0.1) is 10.8 Å². The Balaban J connectivity index is 4.39. The molecular weight excluding hydrogens is 267 g/mol. The van der Waals surface area contributed by atoms with Gasteiger partial charge in [-0.1, -0.05) is 27.7 Å². The molecular formula is C13H29O5P. The first-order valence-electron chi connectivity index (χ1n) is 6.71. The first-order valence-corrected chi connectivity index (χ1v) is 8.51. The van der Waals surface area contributed by atoms with Crippen LogP contribution < -0.4 is 0 Å². The maximum absolute atomic E-state index is 11.1. The summed E-state index contributed by atoms with van der Waals surface area (Å²) >= 11 is 0. The Bertz CT molecular complexity index is 303. The van der Waals surface area contributed by atoms with E-state index in [2.05, 4.69) is 13.8 Å². The third kappa shape index (κ3) is 8.05. The van der Waals surface area contributed by atoms with Crippen molar-refractivity contribution in [1.29, 1.82) is 0 Å². The van der Waals surface area contributed by atoms with Gasteiger partial charge in [-0.15, -0.1) is 0 Å². The molecule has 0 fully saturated rings. The quantitative estimate of drug-likeness (QED) is 0.606. The molecule has 0 rings (SSSR count). The number of methoxy groups -OCH3 is 1. The molecule has 19 heavy (non-hydrogen) atoms. The molecule has 0 aromatic rings. The summed E-state index contributed by atoms with van der Waals surface area (Å²) in [5.74, 6) is 0. The average Bonchev–Trinajstić information content (AvgIpc) is 2.27. The lowest BCUT2D eigenvalue weighted by molar-refractivity contribution is -0.0253. The van der Waals surface area contributed by atoms with Crippen molar-refractivity contribution < 1.29 is 23.8 Å². The highest BCUT2D eigenvalue weighted by Crippen LogP contribution is 2.43. The Morgan fingerprint density at radius 1 is 1.00 bits per heavy atom. The van der Waals surface area contributed by atoms with Gasteiger partial charge in [-0.25, -0.2) is 0 Å². The molecule has 5 nitrogen and oxygen atoms in total. The molecule has 2 atom stereocenters. The highest BCUT2D eigenvalue weighted by Gasteiger charge is 2.32. The average molecular weight is 296 g/mol. The van der Waals surface area contributed by atoms with Crippen molar-refractivity contribution >= 4 is 7.60 Å². The zero-order valence-corrected chi connectivity index (χ0v) is 13.7. The molecule has 0 saturated heterocycles. The lowest BCUT2D eigenvalue weighted by atomic mass is 9.88. The van der Waals surface area contributed by atoms with Crippen molar-refractivity contribution in [2.24, 2.45) is 10.8 Å². The molecule has 0 amide bonds. The second-order valence-electron chi connectivity index (χ2n) is 6.08. The topological polar surface area (TPSA) is 76.0 Å². The number of hydrogen-bond donors (Lipinski definition) is 2. The molecule has 116 valence electrons. The van der Waals surface area contributed by atoms with E-state index in [-0.39, 0.29) is 11.6 Å². The number of hydrogen-bond acceptors (Lipinski definition) is 3. The zero-order valence-electron chi connectivity index (χ0n) is 12.8. The Hall–Kier alpha value is 0.0700. The van der Waals surface area contributed by atoms with Crippen LogP contribution in [-0.4, -0.2) is 42.9 Å². The van der Waals surface area contributed by atoms with E-state index in [9.17, 15) is 4.57 Å². The number of rotatable bonds is 10. The minimum atomic E-state index is -4.01. The molecule has 0 saturated carbocycles. The van der Waals surface area contributed by atoms with Crippen molar-refractivity contribution in [1.82, 2.24) is 0 Å². The third-order valence-electron chi connectivity index (χ3n) is 3.69. The minimum Gasteiger partial charge on any atom is -0.384 e. The van der Waals surface area contributed by atoms with Crippen LogP contribution >= 0.6 is 7.60 Å². The molecule has 0 aliphatic rings.